The van der Waals surface area contributed by atoms with Gasteiger partial charge in [-0.05, 0) is 48.9 Å². The van der Waals surface area contributed by atoms with E-state index in [1.165, 1.54) is 0 Å². The van der Waals surface area contributed by atoms with E-state index in [2.05, 4.69) is 15.2 Å². The number of carbonyl (C=O) groups is 1. The molecule has 0 bridgehead atoms. The van der Waals surface area contributed by atoms with Crippen molar-refractivity contribution in [1.29, 1.82) is 0 Å². The molecule has 0 saturated heterocycles. The van der Waals surface area contributed by atoms with E-state index in [4.69, 9.17) is 0 Å². The summed E-state index contributed by atoms with van der Waals surface area (Å²) in [5.41, 5.74) is 4.43. The third-order valence-electron chi connectivity index (χ3n) is 3.21. The lowest BCUT2D eigenvalue weighted by atomic mass is 10.0. The third-order valence-corrected chi connectivity index (χ3v) is 3.21. The molecule has 4 nitrogen and oxygen atoms in total. The first kappa shape index (κ1) is 14.1. The van der Waals surface area contributed by atoms with Crippen LogP contribution >= 0.6 is 0 Å². The van der Waals surface area contributed by atoms with Gasteiger partial charge in [0.1, 0.15) is 5.71 Å². The van der Waals surface area contributed by atoms with Crippen molar-refractivity contribution < 1.29 is 4.79 Å². The van der Waals surface area contributed by atoms with Crippen molar-refractivity contribution >= 4 is 22.9 Å². The van der Waals surface area contributed by atoms with Crippen LogP contribution in [0.4, 0.5) is 11.4 Å². The summed E-state index contributed by atoms with van der Waals surface area (Å²) in [5.74, 6) is -0.0431. The van der Waals surface area contributed by atoms with E-state index in [1.807, 2.05) is 45.3 Å². The van der Waals surface area contributed by atoms with Gasteiger partial charge in [-0.1, -0.05) is 0 Å². The molecule has 4 heteroatoms. The standard InChI is InChI=1S/C16H19N3O/c1-11-9-16(20)15(17-2)10-14(11)18-12-5-7-13(8-6-12)19(3)4/h5-10,18H,1-4H3. The molecule has 1 N–H and O–H groups in total. The summed E-state index contributed by atoms with van der Waals surface area (Å²) >= 11 is 0. The molecule has 0 saturated carbocycles. The van der Waals surface area contributed by atoms with Crippen LogP contribution in [0.5, 0.6) is 0 Å². The summed E-state index contributed by atoms with van der Waals surface area (Å²) in [5, 5.41) is 3.32. The van der Waals surface area contributed by atoms with Crippen LogP contribution < -0.4 is 10.2 Å². The second-order valence-corrected chi connectivity index (χ2v) is 4.92. The number of hydrogen-bond acceptors (Lipinski definition) is 4. The summed E-state index contributed by atoms with van der Waals surface area (Å²) in [4.78, 5) is 17.7. The lowest BCUT2D eigenvalue weighted by Crippen LogP contribution is -2.17. The summed E-state index contributed by atoms with van der Waals surface area (Å²) in [6, 6.07) is 8.13. The lowest BCUT2D eigenvalue weighted by molar-refractivity contribution is -0.108. The van der Waals surface area contributed by atoms with E-state index in [-0.39, 0.29) is 5.78 Å². The third kappa shape index (κ3) is 2.96. The summed E-state index contributed by atoms with van der Waals surface area (Å²) in [6.45, 7) is 1.91. The molecular weight excluding hydrogens is 250 g/mol. The molecule has 0 spiro atoms. The molecule has 104 valence electrons. The second kappa shape index (κ2) is 5.74. The maximum atomic E-state index is 11.7. The Balaban J connectivity index is 2.21. The Labute approximate surface area is 119 Å². The molecule has 0 fully saturated rings. The normalized spacial score (nSPS) is 16.8. The first-order chi connectivity index (χ1) is 9.51. The molecule has 0 aliphatic heterocycles. The Kier molecular flexibility index (Phi) is 4.03. The SMILES string of the molecule is CN=C1C=C(Nc2ccc(N(C)C)cc2)C(C)=CC1=O. The second-order valence-electron chi connectivity index (χ2n) is 4.92. The minimum absolute atomic E-state index is 0.0431. The fourth-order valence-corrected chi connectivity index (χ4v) is 1.98. The predicted octanol–water partition coefficient (Wildman–Crippen LogP) is 2.65. The van der Waals surface area contributed by atoms with E-state index >= 15 is 0 Å². The van der Waals surface area contributed by atoms with E-state index in [0.29, 0.717) is 5.71 Å². The zero-order valence-electron chi connectivity index (χ0n) is 12.3. The van der Waals surface area contributed by atoms with Crippen LogP contribution in [0.2, 0.25) is 0 Å². The van der Waals surface area contributed by atoms with Crippen molar-refractivity contribution in [2.45, 2.75) is 6.92 Å². The first-order valence-corrected chi connectivity index (χ1v) is 6.47. The molecule has 0 aromatic heterocycles. The number of rotatable bonds is 3. The van der Waals surface area contributed by atoms with Crippen molar-refractivity contribution in [3.8, 4) is 0 Å². The number of benzene rings is 1. The topological polar surface area (TPSA) is 44.7 Å². The average molecular weight is 269 g/mol. The molecule has 0 amide bonds. The number of allylic oxidation sites excluding steroid dienone is 3. The zero-order valence-corrected chi connectivity index (χ0v) is 12.3. The van der Waals surface area contributed by atoms with Crippen LogP contribution in [0.25, 0.3) is 0 Å². The van der Waals surface area contributed by atoms with Crippen molar-refractivity contribution in [3.63, 3.8) is 0 Å². The summed E-state index contributed by atoms with van der Waals surface area (Å²) < 4.78 is 0. The summed E-state index contributed by atoms with van der Waals surface area (Å²) in [7, 11) is 5.64. The minimum atomic E-state index is -0.0431. The molecule has 0 radical (unpaired) electrons. The van der Waals surface area contributed by atoms with E-state index in [9.17, 15) is 4.79 Å². The number of carbonyl (C=O) groups excluding carboxylic acids is 1. The highest BCUT2D eigenvalue weighted by atomic mass is 16.1. The van der Waals surface area contributed by atoms with Gasteiger partial charge in [0.25, 0.3) is 0 Å². The van der Waals surface area contributed by atoms with Crippen molar-refractivity contribution in [2.24, 2.45) is 4.99 Å². The van der Waals surface area contributed by atoms with Gasteiger partial charge in [-0.3, -0.25) is 9.79 Å². The van der Waals surface area contributed by atoms with Gasteiger partial charge in [0.2, 0.25) is 5.78 Å². The zero-order chi connectivity index (χ0) is 14.7. The number of anilines is 2. The molecular formula is C16H19N3O. The molecule has 0 atom stereocenters. The maximum Gasteiger partial charge on any atom is 0.204 e. The fraction of sp³-hybridized carbons (Fsp3) is 0.250. The molecule has 20 heavy (non-hydrogen) atoms. The number of aliphatic imine (C=N–C) groups is 1. The molecule has 0 heterocycles. The first-order valence-electron chi connectivity index (χ1n) is 6.47. The Hall–Kier alpha value is -2.36. The maximum absolute atomic E-state index is 11.7. The fourth-order valence-electron chi connectivity index (χ4n) is 1.98. The van der Waals surface area contributed by atoms with Crippen molar-refractivity contribution in [2.75, 3.05) is 31.4 Å². The van der Waals surface area contributed by atoms with Gasteiger partial charge in [0, 0.05) is 38.2 Å². The van der Waals surface area contributed by atoms with Gasteiger partial charge in [-0.2, -0.15) is 0 Å². The Morgan fingerprint density at radius 2 is 1.75 bits per heavy atom. The lowest BCUT2D eigenvalue weighted by Gasteiger charge is -2.17. The minimum Gasteiger partial charge on any atom is -0.378 e. The van der Waals surface area contributed by atoms with Crippen LogP contribution in [0.3, 0.4) is 0 Å². The Morgan fingerprint density at radius 1 is 1.10 bits per heavy atom. The summed E-state index contributed by atoms with van der Waals surface area (Å²) in [6.07, 6.45) is 3.40. The van der Waals surface area contributed by atoms with E-state index < -0.39 is 0 Å². The van der Waals surface area contributed by atoms with Gasteiger partial charge in [0.15, 0.2) is 0 Å². The van der Waals surface area contributed by atoms with Crippen LogP contribution in [0.1, 0.15) is 6.92 Å². The Bertz CT molecular complexity index is 607. The highest BCUT2D eigenvalue weighted by Crippen LogP contribution is 2.21. The van der Waals surface area contributed by atoms with Crippen LogP contribution in [0, 0.1) is 0 Å². The van der Waals surface area contributed by atoms with Gasteiger partial charge in [-0.25, -0.2) is 0 Å². The van der Waals surface area contributed by atoms with Gasteiger partial charge in [0.05, 0.1) is 0 Å². The van der Waals surface area contributed by atoms with E-state index in [0.717, 1.165) is 22.6 Å². The number of nitrogens with zero attached hydrogens (tertiary/aromatic N) is 2. The van der Waals surface area contributed by atoms with Gasteiger partial charge >= 0.3 is 0 Å². The van der Waals surface area contributed by atoms with Crippen LogP contribution in [-0.2, 0) is 4.79 Å². The Morgan fingerprint density at radius 3 is 2.30 bits per heavy atom. The number of hydrogen-bond donors (Lipinski definition) is 1. The van der Waals surface area contributed by atoms with E-state index in [1.54, 1.807) is 19.2 Å². The highest BCUT2D eigenvalue weighted by Gasteiger charge is 2.15. The molecule has 1 aliphatic rings. The molecule has 1 aliphatic carbocycles. The van der Waals surface area contributed by atoms with Crippen molar-refractivity contribution in [1.82, 2.24) is 0 Å². The average Bonchev–Trinajstić information content (AvgIpc) is 2.42. The molecule has 2 rings (SSSR count). The molecule has 1 aromatic rings. The molecule has 1 aromatic carbocycles. The van der Waals surface area contributed by atoms with Crippen LogP contribution in [0.15, 0.2) is 52.7 Å². The number of ketones is 1. The highest BCUT2D eigenvalue weighted by molar-refractivity contribution is 6.49. The predicted molar refractivity (Wildman–Crippen MR) is 84.6 cm³/mol. The molecule has 0 unspecified atom stereocenters. The monoisotopic (exact) mass is 269 g/mol. The quantitative estimate of drug-likeness (QED) is 0.858. The van der Waals surface area contributed by atoms with Gasteiger partial charge in [-0.15, -0.1) is 0 Å². The van der Waals surface area contributed by atoms with Crippen molar-refractivity contribution in [3.05, 3.63) is 47.7 Å². The number of nitrogens with one attached hydrogen (secondary N) is 1. The smallest absolute Gasteiger partial charge is 0.204 e. The van der Waals surface area contributed by atoms with Crippen LogP contribution in [-0.4, -0.2) is 32.6 Å². The largest absolute Gasteiger partial charge is 0.378 e. The van der Waals surface area contributed by atoms with Gasteiger partial charge < -0.3 is 10.2 Å².